The average Bonchev–Trinajstić information content (AvgIpc) is 2.70. The molecule has 5 nitrogen and oxygen atoms in total. The summed E-state index contributed by atoms with van der Waals surface area (Å²) < 4.78 is 11.2. The fourth-order valence-corrected chi connectivity index (χ4v) is 1.69. The third-order valence-corrected chi connectivity index (χ3v) is 2.70. The van der Waals surface area contributed by atoms with Crippen molar-refractivity contribution in [3.63, 3.8) is 0 Å². The summed E-state index contributed by atoms with van der Waals surface area (Å²) in [5, 5.41) is 0. The van der Waals surface area contributed by atoms with Gasteiger partial charge in [-0.1, -0.05) is 6.58 Å². The van der Waals surface area contributed by atoms with Crippen LogP contribution in [0.5, 0.6) is 0 Å². The van der Waals surface area contributed by atoms with E-state index in [4.69, 9.17) is 9.47 Å². The van der Waals surface area contributed by atoms with Crippen LogP contribution < -0.4 is 0 Å². The Kier molecular flexibility index (Phi) is 5.62. The third-order valence-electron chi connectivity index (χ3n) is 2.70. The summed E-state index contributed by atoms with van der Waals surface area (Å²) in [5.74, 6) is -0.371. The van der Waals surface area contributed by atoms with Crippen LogP contribution in [-0.2, 0) is 14.3 Å². The molecule has 1 heterocycles. The lowest BCUT2D eigenvalue weighted by Gasteiger charge is -2.28. The molecule has 1 aliphatic rings. The summed E-state index contributed by atoms with van der Waals surface area (Å²) in [7, 11) is 2.00. The van der Waals surface area contributed by atoms with E-state index in [1.165, 1.54) is 0 Å². The van der Waals surface area contributed by atoms with Gasteiger partial charge in [-0.3, -0.25) is 0 Å². The largest absolute Gasteiger partial charge is 0.455 e. The van der Waals surface area contributed by atoms with Gasteiger partial charge >= 0.3 is 5.97 Å². The minimum Gasteiger partial charge on any atom is -0.455 e. The standard InChI is InChI=1S/C15H26N2O3/c1-12(2)14(18)20-13(10-19-15(3,4)5)9-17-8-7-16(6)11-17/h7-8,13H,1,9-11H2,2-6H3. The Balaban J connectivity index is 2.56. The van der Waals surface area contributed by atoms with E-state index in [0.29, 0.717) is 18.7 Å². The smallest absolute Gasteiger partial charge is 0.333 e. The normalized spacial score (nSPS) is 16.4. The molecule has 0 aromatic carbocycles. The summed E-state index contributed by atoms with van der Waals surface area (Å²) >= 11 is 0. The number of hydrogen-bond acceptors (Lipinski definition) is 5. The van der Waals surface area contributed by atoms with Gasteiger partial charge in [0.1, 0.15) is 6.10 Å². The van der Waals surface area contributed by atoms with Gasteiger partial charge in [-0.25, -0.2) is 4.79 Å². The molecule has 0 fully saturated rings. The van der Waals surface area contributed by atoms with Gasteiger partial charge < -0.3 is 19.3 Å². The van der Waals surface area contributed by atoms with Crippen molar-refractivity contribution in [2.45, 2.75) is 39.4 Å². The monoisotopic (exact) mass is 282 g/mol. The number of nitrogens with zero attached hydrogens (tertiary/aromatic N) is 2. The number of esters is 1. The van der Waals surface area contributed by atoms with Crippen LogP contribution >= 0.6 is 0 Å². The highest BCUT2D eigenvalue weighted by Gasteiger charge is 2.22. The number of rotatable bonds is 6. The molecule has 5 heteroatoms. The molecule has 0 amide bonds. The maximum absolute atomic E-state index is 11.7. The first kappa shape index (κ1) is 16.6. The lowest BCUT2D eigenvalue weighted by Crippen LogP contribution is -2.38. The SMILES string of the molecule is C=C(C)C(=O)OC(COC(C)(C)C)CN1C=CN(C)C1. The van der Waals surface area contributed by atoms with E-state index < -0.39 is 0 Å². The van der Waals surface area contributed by atoms with Crippen molar-refractivity contribution in [1.82, 2.24) is 9.80 Å². The number of ether oxygens (including phenoxy) is 2. The summed E-state index contributed by atoms with van der Waals surface area (Å²) in [6.07, 6.45) is 3.66. The number of hydrogen-bond donors (Lipinski definition) is 0. The Morgan fingerprint density at radius 2 is 2.05 bits per heavy atom. The lowest BCUT2D eigenvalue weighted by atomic mass is 10.2. The second-order valence-electron chi connectivity index (χ2n) is 6.20. The highest BCUT2D eigenvalue weighted by atomic mass is 16.6. The molecule has 0 aliphatic carbocycles. The van der Waals surface area contributed by atoms with Gasteiger partial charge in [-0.15, -0.1) is 0 Å². The van der Waals surface area contributed by atoms with Crippen LogP contribution in [0.3, 0.4) is 0 Å². The van der Waals surface area contributed by atoms with Crippen LogP contribution in [0.2, 0.25) is 0 Å². The topological polar surface area (TPSA) is 42.0 Å². The quantitative estimate of drug-likeness (QED) is 0.550. The van der Waals surface area contributed by atoms with Gasteiger partial charge in [0.05, 0.1) is 25.4 Å². The third kappa shape index (κ3) is 6.10. The van der Waals surface area contributed by atoms with Crippen molar-refractivity contribution < 1.29 is 14.3 Å². The molecule has 0 spiro atoms. The van der Waals surface area contributed by atoms with Crippen LogP contribution in [0.4, 0.5) is 0 Å². The molecular weight excluding hydrogens is 256 g/mol. The maximum Gasteiger partial charge on any atom is 0.333 e. The maximum atomic E-state index is 11.7. The summed E-state index contributed by atoms with van der Waals surface area (Å²) in [4.78, 5) is 15.8. The molecule has 0 bridgehead atoms. The molecule has 20 heavy (non-hydrogen) atoms. The van der Waals surface area contributed by atoms with Crippen LogP contribution in [0.25, 0.3) is 0 Å². The molecule has 1 unspecified atom stereocenters. The zero-order valence-electron chi connectivity index (χ0n) is 13.2. The zero-order chi connectivity index (χ0) is 15.3. The van der Waals surface area contributed by atoms with Gasteiger partial charge in [0.15, 0.2) is 0 Å². The Morgan fingerprint density at radius 1 is 1.40 bits per heavy atom. The van der Waals surface area contributed by atoms with Crippen molar-refractivity contribution in [3.8, 4) is 0 Å². The molecule has 1 rings (SSSR count). The first-order valence-electron chi connectivity index (χ1n) is 6.80. The van der Waals surface area contributed by atoms with E-state index in [-0.39, 0.29) is 17.7 Å². The van der Waals surface area contributed by atoms with Gasteiger partial charge in [0, 0.05) is 25.0 Å². The molecule has 1 aliphatic heterocycles. The Morgan fingerprint density at radius 3 is 2.50 bits per heavy atom. The molecule has 0 N–H and O–H groups in total. The first-order valence-corrected chi connectivity index (χ1v) is 6.80. The Bertz CT molecular complexity index is 385. The van der Waals surface area contributed by atoms with E-state index >= 15 is 0 Å². The van der Waals surface area contributed by atoms with Crippen LogP contribution in [-0.4, -0.2) is 54.3 Å². The Labute approximate surface area is 121 Å². The van der Waals surface area contributed by atoms with Crippen molar-refractivity contribution in [1.29, 1.82) is 0 Å². The predicted molar refractivity (Wildman–Crippen MR) is 78.9 cm³/mol. The predicted octanol–water partition coefficient (Wildman–Crippen LogP) is 1.97. The molecule has 1 atom stereocenters. The summed E-state index contributed by atoms with van der Waals surface area (Å²) in [5.41, 5.74) is 0.144. The average molecular weight is 282 g/mol. The minimum absolute atomic E-state index is 0.258. The molecule has 0 aromatic heterocycles. The molecule has 0 saturated heterocycles. The molecule has 0 aromatic rings. The van der Waals surface area contributed by atoms with Crippen LogP contribution in [0.15, 0.2) is 24.6 Å². The Hall–Kier alpha value is -1.49. The molecular formula is C15H26N2O3. The summed E-state index contributed by atoms with van der Waals surface area (Å²) in [6, 6.07) is 0. The highest BCUT2D eigenvalue weighted by molar-refractivity contribution is 5.87. The second-order valence-corrected chi connectivity index (χ2v) is 6.20. The first-order chi connectivity index (χ1) is 9.17. The zero-order valence-corrected chi connectivity index (χ0v) is 13.2. The fourth-order valence-electron chi connectivity index (χ4n) is 1.69. The molecule has 0 saturated carbocycles. The van der Waals surface area contributed by atoms with Gasteiger partial charge in [0.25, 0.3) is 0 Å². The van der Waals surface area contributed by atoms with Crippen molar-refractivity contribution in [2.24, 2.45) is 0 Å². The second kappa shape index (κ2) is 6.79. The fraction of sp³-hybridized carbons (Fsp3) is 0.667. The minimum atomic E-state index is -0.371. The van der Waals surface area contributed by atoms with Crippen molar-refractivity contribution in [3.05, 3.63) is 24.6 Å². The van der Waals surface area contributed by atoms with Crippen LogP contribution in [0.1, 0.15) is 27.7 Å². The van der Waals surface area contributed by atoms with Crippen molar-refractivity contribution in [2.75, 3.05) is 26.9 Å². The van der Waals surface area contributed by atoms with Crippen molar-refractivity contribution >= 4 is 5.97 Å². The van der Waals surface area contributed by atoms with E-state index in [2.05, 4.69) is 16.4 Å². The van der Waals surface area contributed by atoms with Gasteiger partial charge in [-0.05, 0) is 27.7 Å². The molecule has 114 valence electrons. The lowest BCUT2D eigenvalue weighted by molar-refractivity contribution is -0.151. The molecule has 0 radical (unpaired) electrons. The van der Waals surface area contributed by atoms with E-state index in [9.17, 15) is 4.79 Å². The van der Waals surface area contributed by atoms with Gasteiger partial charge in [-0.2, -0.15) is 0 Å². The van der Waals surface area contributed by atoms with E-state index in [1.54, 1.807) is 6.92 Å². The van der Waals surface area contributed by atoms with Gasteiger partial charge in [0.2, 0.25) is 0 Å². The van der Waals surface area contributed by atoms with Crippen LogP contribution in [0, 0.1) is 0 Å². The highest BCUT2D eigenvalue weighted by Crippen LogP contribution is 2.12. The van der Waals surface area contributed by atoms with E-state index in [0.717, 1.165) is 6.67 Å². The van der Waals surface area contributed by atoms with E-state index in [1.807, 2.05) is 40.2 Å². The number of carbonyl (C=O) groups excluding carboxylic acids is 1. The summed E-state index contributed by atoms with van der Waals surface area (Å²) in [6.45, 7) is 13.0. The number of carbonyl (C=O) groups is 1.